The average molecular weight is 356 g/mol. The highest BCUT2D eigenvalue weighted by atomic mass is 16.2. The van der Waals surface area contributed by atoms with Gasteiger partial charge in [-0.3, -0.25) is 9.59 Å². The molecule has 1 fully saturated rings. The summed E-state index contributed by atoms with van der Waals surface area (Å²) in [6.45, 7) is 6.46. The normalized spacial score (nSPS) is 17.2. The van der Waals surface area contributed by atoms with E-state index in [0.29, 0.717) is 43.1 Å². The predicted molar refractivity (Wildman–Crippen MR) is 96.2 cm³/mol. The van der Waals surface area contributed by atoms with E-state index in [9.17, 15) is 9.59 Å². The summed E-state index contributed by atoms with van der Waals surface area (Å²) in [5, 5.41) is 14.0. The highest BCUT2D eigenvalue weighted by molar-refractivity contribution is 6.00. The minimum atomic E-state index is -0.134. The van der Waals surface area contributed by atoms with E-state index in [1.165, 1.54) is 0 Å². The van der Waals surface area contributed by atoms with Crippen molar-refractivity contribution < 1.29 is 9.59 Å². The summed E-state index contributed by atoms with van der Waals surface area (Å²) in [5.41, 5.74) is 1.17. The van der Waals surface area contributed by atoms with E-state index in [-0.39, 0.29) is 17.7 Å². The van der Waals surface area contributed by atoms with E-state index in [0.717, 1.165) is 12.8 Å². The Morgan fingerprint density at radius 1 is 1.27 bits per heavy atom. The monoisotopic (exact) mass is 356 g/mol. The molecule has 1 aromatic carbocycles. The van der Waals surface area contributed by atoms with Gasteiger partial charge in [0.2, 0.25) is 11.7 Å². The van der Waals surface area contributed by atoms with Crippen molar-refractivity contribution in [2.75, 3.05) is 26.2 Å². The van der Waals surface area contributed by atoms with Crippen LogP contribution in [-0.2, 0) is 4.79 Å². The number of rotatable bonds is 5. The van der Waals surface area contributed by atoms with Crippen molar-refractivity contribution in [1.29, 1.82) is 0 Å². The molecule has 8 nitrogen and oxygen atoms in total. The standard InChI is InChI=1S/C18H24N6O2/c1-3-23(4-2)17(25)13-8-7-11-24(12-13)18(26)15-10-6-5-9-14(15)16-19-21-22-20-16/h5-6,9-10,13H,3-4,7-8,11-12H2,1-2H3,(H,19,20,21,22). The molecule has 2 amide bonds. The third kappa shape index (κ3) is 3.58. The van der Waals surface area contributed by atoms with Crippen LogP contribution in [0.4, 0.5) is 0 Å². The summed E-state index contributed by atoms with van der Waals surface area (Å²) in [6.07, 6.45) is 1.65. The lowest BCUT2D eigenvalue weighted by atomic mass is 9.95. The number of H-pyrrole nitrogens is 1. The minimum Gasteiger partial charge on any atom is -0.343 e. The molecule has 26 heavy (non-hydrogen) atoms. The van der Waals surface area contributed by atoms with Crippen molar-refractivity contribution in [3.8, 4) is 11.4 Å². The molecule has 1 aliphatic heterocycles. The molecule has 1 N–H and O–H groups in total. The second-order valence-corrected chi connectivity index (χ2v) is 6.38. The molecule has 2 aromatic rings. The van der Waals surface area contributed by atoms with Crippen LogP contribution in [0.3, 0.4) is 0 Å². The zero-order valence-corrected chi connectivity index (χ0v) is 15.2. The van der Waals surface area contributed by atoms with Crippen LogP contribution < -0.4 is 0 Å². The number of benzene rings is 1. The van der Waals surface area contributed by atoms with Gasteiger partial charge in [0.1, 0.15) is 0 Å². The smallest absolute Gasteiger partial charge is 0.254 e. The molecule has 0 saturated carbocycles. The zero-order chi connectivity index (χ0) is 18.5. The van der Waals surface area contributed by atoms with Crippen LogP contribution in [0.1, 0.15) is 37.0 Å². The number of nitrogens with zero attached hydrogens (tertiary/aromatic N) is 5. The van der Waals surface area contributed by atoms with Crippen LogP contribution in [0.15, 0.2) is 24.3 Å². The number of piperidine rings is 1. The van der Waals surface area contributed by atoms with Crippen molar-refractivity contribution in [2.24, 2.45) is 5.92 Å². The highest BCUT2D eigenvalue weighted by Crippen LogP contribution is 2.25. The fourth-order valence-corrected chi connectivity index (χ4v) is 3.47. The number of carbonyl (C=O) groups excluding carboxylic acids is 2. The van der Waals surface area contributed by atoms with E-state index in [4.69, 9.17) is 0 Å². The van der Waals surface area contributed by atoms with Gasteiger partial charge in [0, 0.05) is 31.7 Å². The Balaban J connectivity index is 1.80. The summed E-state index contributed by atoms with van der Waals surface area (Å²) in [5.74, 6) is 0.299. The molecule has 1 aliphatic rings. The van der Waals surface area contributed by atoms with Gasteiger partial charge in [-0.2, -0.15) is 5.21 Å². The topological polar surface area (TPSA) is 95.1 Å². The van der Waals surface area contributed by atoms with Crippen molar-refractivity contribution in [3.63, 3.8) is 0 Å². The van der Waals surface area contributed by atoms with Gasteiger partial charge in [0.15, 0.2) is 0 Å². The summed E-state index contributed by atoms with van der Waals surface area (Å²) in [4.78, 5) is 29.4. The Hall–Kier alpha value is -2.77. The molecule has 0 aliphatic carbocycles. The molecule has 1 atom stereocenters. The molecular formula is C18H24N6O2. The Morgan fingerprint density at radius 3 is 2.73 bits per heavy atom. The third-order valence-electron chi connectivity index (χ3n) is 4.88. The quantitative estimate of drug-likeness (QED) is 0.878. The lowest BCUT2D eigenvalue weighted by molar-refractivity contribution is -0.136. The number of amides is 2. The summed E-state index contributed by atoms with van der Waals surface area (Å²) < 4.78 is 0. The molecule has 1 saturated heterocycles. The van der Waals surface area contributed by atoms with Crippen LogP contribution >= 0.6 is 0 Å². The van der Waals surface area contributed by atoms with E-state index < -0.39 is 0 Å². The van der Waals surface area contributed by atoms with Gasteiger partial charge in [0.25, 0.3) is 5.91 Å². The molecular weight excluding hydrogens is 332 g/mol. The highest BCUT2D eigenvalue weighted by Gasteiger charge is 2.31. The van der Waals surface area contributed by atoms with Crippen LogP contribution in [0.2, 0.25) is 0 Å². The van der Waals surface area contributed by atoms with Crippen LogP contribution in [0, 0.1) is 5.92 Å². The van der Waals surface area contributed by atoms with E-state index in [2.05, 4.69) is 20.6 Å². The average Bonchev–Trinajstić information content (AvgIpc) is 3.23. The number of hydrogen-bond acceptors (Lipinski definition) is 5. The van der Waals surface area contributed by atoms with Gasteiger partial charge in [-0.1, -0.05) is 18.2 Å². The first-order valence-electron chi connectivity index (χ1n) is 9.06. The van der Waals surface area contributed by atoms with E-state index >= 15 is 0 Å². The van der Waals surface area contributed by atoms with E-state index in [1.807, 2.05) is 30.9 Å². The Bertz CT molecular complexity index is 757. The Kier molecular flexibility index (Phi) is 5.60. The van der Waals surface area contributed by atoms with Gasteiger partial charge in [-0.15, -0.1) is 10.2 Å². The first-order chi connectivity index (χ1) is 12.7. The molecule has 1 unspecified atom stereocenters. The number of aromatic amines is 1. The van der Waals surface area contributed by atoms with Gasteiger partial charge >= 0.3 is 0 Å². The van der Waals surface area contributed by atoms with E-state index in [1.54, 1.807) is 17.0 Å². The van der Waals surface area contributed by atoms with Gasteiger partial charge in [-0.25, -0.2) is 0 Å². The Labute approximate surface area is 152 Å². The van der Waals surface area contributed by atoms with Crippen molar-refractivity contribution in [1.82, 2.24) is 30.4 Å². The fraction of sp³-hybridized carbons (Fsp3) is 0.500. The lowest BCUT2D eigenvalue weighted by Gasteiger charge is -2.34. The van der Waals surface area contributed by atoms with Crippen LogP contribution in [0.25, 0.3) is 11.4 Å². The van der Waals surface area contributed by atoms with Gasteiger partial charge in [0.05, 0.1) is 11.5 Å². The summed E-state index contributed by atoms with van der Waals surface area (Å²) in [6, 6.07) is 7.23. The maximum absolute atomic E-state index is 13.1. The molecule has 8 heteroatoms. The minimum absolute atomic E-state index is 0.0950. The number of likely N-dealkylation sites (tertiary alicyclic amines) is 1. The van der Waals surface area contributed by atoms with Gasteiger partial charge in [-0.05, 0) is 38.0 Å². The number of nitrogens with one attached hydrogen (secondary N) is 1. The molecule has 0 bridgehead atoms. The number of hydrogen-bond donors (Lipinski definition) is 1. The molecule has 2 heterocycles. The third-order valence-corrected chi connectivity index (χ3v) is 4.88. The molecule has 0 spiro atoms. The van der Waals surface area contributed by atoms with Crippen molar-refractivity contribution in [2.45, 2.75) is 26.7 Å². The van der Waals surface area contributed by atoms with Crippen molar-refractivity contribution >= 4 is 11.8 Å². The fourth-order valence-electron chi connectivity index (χ4n) is 3.47. The van der Waals surface area contributed by atoms with Crippen LogP contribution in [0.5, 0.6) is 0 Å². The molecule has 138 valence electrons. The maximum Gasteiger partial charge on any atom is 0.254 e. The summed E-state index contributed by atoms with van der Waals surface area (Å²) >= 11 is 0. The zero-order valence-electron chi connectivity index (χ0n) is 15.2. The predicted octanol–water partition coefficient (Wildman–Crippen LogP) is 1.59. The van der Waals surface area contributed by atoms with Crippen LogP contribution in [-0.4, -0.2) is 68.4 Å². The number of aromatic nitrogens is 4. The second-order valence-electron chi connectivity index (χ2n) is 6.38. The Morgan fingerprint density at radius 2 is 2.04 bits per heavy atom. The number of tetrazole rings is 1. The molecule has 3 rings (SSSR count). The molecule has 1 aromatic heterocycles. The SMILES string of the molecule is CCN(CC)C(=O)C1CCCN(C(=O)c2ccccc2-c2nn[nH]n2)C1. The van der Waals surface area contributed by atoms with Crippen molar-refractivity contribution in [3.05, 3.63) is 29.8 Å². The lowest BCUT2D eigenvalue weighted by Crippen LogP contribution is -2.46. The molecule has 0 radical (unpaired) electrons. The first kappa shape index (κ1) is 18.0. The largest absolute Gasteiger partial charge is 0.343 e. The summed E-state index contributed by atoms with van der Waals surface area (Å²) in [7, 11) is 0. The number of carbonyl (C=O) groups is 2. The first-order valence-corrected chi connectivity index (χ1v) is 9.06. The maximum atomic E-state index is 13.1. The van der Waals surface area contributed by atoms with Gasteiger partial charge < -0.3 is 9.80 Å². The second kappa shape index (κ2) is 8.07.